The summed E-state index contributed by atoms with van der Waals surface area (Å²) in [4.78, 5) is 15.8. The first-order chi connectivity index (χ1) is 10.3. The highest BCUT2D eigenvalue weighted by molar-refractivity contribution is 5.93. The van der Waals surface area contributed by atoms with E-state index in [0.717, 1.165) is 16.5 Å². The van der Waals surface area contributed by atoms with Crippen molar-refractivity contribution in [1.82, 2.24) is 10.3 Å². The van der Waals surface area contributed by atoms with Gasteiger partial charge in [-0.3, -0.25) is 4.98 Å². The maximum atomic E-state index is 11.7. The molecule has 0 bridgehead atoms. The van der Waals surface area contributed by atoms with Crippen LogP contribution in [0.4, 0.5) is 10.5 Å². The smallest absolute Gasteiger partial charge is 0.407 e. The van der Waals surface area contributed by atoms with Crippen molar-refractivity contribution in [3.63, 3.8) is 0 Å². The Labute approximate surface area is 131 Å². The van der Waals surface area contributed by atoms with Crippen LogP contribution in [0.15, 0.2) is 36.7 Å². The van der Waals surface area contributed by atoms with E-state index in [1.165, 1.54) is 0 Å². The van der Waals surface area contributed by atoms with Crippen LogP contribution >= 0.6 is 0 Å². The van der Waals surface area contributed by atoms with Gasteiger partial charge in [-0.1, -0.05) is 12.1 Å². The Morgan fingerprint density at radius 2 is 2.09 bits per heavy atom. The van der Waals surface area contributed by atoms with Crippen molar-refractivity contribution >= 4 is 22.6 Å². The van der Waals surface area contributed by atoms with E-state index in [9.17, 15) is 4.79 Å². The first-order valence-corrected chi connectivity index (χ1v) is 7.41. The molecule has 0 aliphatic heterocycles. The van der Waals surface area contributed by atoms with Gasteiger partial charge in [-0.25, -0.2) is 4.79 Å². The molecule has 0 saturated heterocycles. The van der Waals surface area contributed by atoms with Crippen molar-refractivity contribution in [3.05, 3.63) is 36.7 Å². The van der Waals surface area contributed by atoms with E-state index in [0.29, 0.717) is 6.54 Å². The minimum absolute atomic E-state index is 0.0679. The molecule has 1 aromatic carbocycles. The first-order valence-electron chi connectivity index (χ1n) is 7.41. The van der Waals surface area contributed by atoms with E-state index in [2.05, 4.69) is 15.6 Å². The van der Waals surface area contributed by atoms with Gasteiger partial charge in [0.2, 0.25) is 0 Å². The van der Waals surface area contributed by atoms with Gasteiger partial charge in [0, 0.05) is 36.1 Å². The third kappa shape index (κ3) is 4.62. The average molecular weight is 301 g/mol. The Balaban J connectivity index is 1.94. The zero-order valence-electron chi connectivity index (χ0n) is 13.5. The van der Waals surface area contributed by atoms with Gasteiger partial charge < -0.3 is 15.4 Å². The van der Waals surface area contributed by atoms with Crippen LogP contribution in [0, 0.1) is 0 Å². The number of pyridine rings is 1. The molecule has 1 heterocycles. The van der Waals surface area contributed by atoms with Crippen molar-refractivity contribution in [3.8, 4) is 0 Å². The Morgan fingerprint density at radius 3 is 2.82 bits per heavy atom. The minimum atomic E-state index is -0.484. The molecule has 5 heteroatoms. The fourth-order valence-corrected chi connectivity index (χ4v) is 2.11. The maximum Gasteiger partial charge on any atom is 0.407 e. The fraction of sp³-hybridized carbons (Fsp3) is 0.412. The second-order valence-corrected chi connectivity index (χ2v) is 6.33. The molecule has 1 amide bonds. The first kappa shape index (κ1) is 16.1. The predicted octanol–water partition coefficient (Wildman–Crippen LogP) is 3.56. The number of anilines is 1. The summed E-state index contributed by atoms with van der Waals surface area (Å²) in [5.74, 6) is 0. The summed E-state index contributed by atoms with van der Waals surface area (Å²) in [6, 6.07) is 8.10. The summed E-state index contributed by atoms with van der Waals surface area (Å²) in [5.41, 5.74) is 0.520. The molecule has 2 aromatic rings. The number of fused-ring (bicyclic) bond motifs is 1. The molecule has 0 aliphatic carbocycles. The van der Waals surface area contributed by atoms with E-state index in [-0.39, 0.29) is 6.04 Å². The molecule has 2 rings (SSSR count). The molecule has 2 N–H and O–H groups in total. The molecule has 22 heavy (non-hydrogen) atoms. The molecule has 0 saturated carbocycles. The minimum Gasteiger partial charge on any atom is -0.444 e. The lowest BCUT2D eigenvalue weighted by Crippen LogP contribution is -2.38. The number of ether oxygens (including phenoxy) is 1. The molecule has 0 radical (unpaired) electrons. The van der Waals surface area contributed by atoms with Gasteiger partial charge in [0.15, 0.2) is 0 Å². The molecule has 118 valence electrons. The molecule has 0 fully saturated rings. The van der Waals surface area contributed by atoms with Gasteiger partial charge in [0.05, 0.1) is 0 Å². The number of carbonyl (C=O) groups excluding carboxylic acids is 1. The highest BCUT2D eigenvalue weighted by atomic mass is 16.6. The highest BCUT2D eigenvalue weighted by Gasteiger charge is 2.16. The normalized spacial score (nSPS) is 12.7. The van der Waals surface area contributed by atoms with Crippen molar-refractivity contribution in [2.24, 2.45) is 0 Å². The monoisotopic (exact) mass is 301 g/mol. The molecule has 1 aromatic heterocycles. The summed E-state index contributed by atoms with van der Waals surface area (Å²) < 4.78 is 5.22. The lowest BCUT2D eigenvalue weighted by atomic mass is 10.1. The van der Waals surface area contributed by atoms with Crippen molar-refractivity contribution in [1.29, 1.82) is 0 Å². The van der Waals surface area contributed by atoms with Crippen LogP contribution in [0.1, 0.15) is 27.7 Å². The average Bonchev–Trinajstić information content (AvgIpc) is 2.44. The van der Waals surface area contributed by atoms with Crippen LogP contribution in [0.25, 0.3) is 10.8 Å². The number of alkyl carbamates (subject to hydrolysis) is 1. The molecular weight excluding hydrogens is 278 g/mol. The molecule has 1 unspecified atom stereocenters. The van der Waals surface area contributed by atoms with E-state index in [1.54, 1.807) is 6.20 Å². The quantitative estimate of drug-likeness (QED) is 0.906. The molecule has 1 atom stereocenters. The van der Waals surface area contributed by atoms with Gasteiger partial charge in [-0.2, -0.15) is 0 Å². The summed E-state index contributed by atoms with van der Waals surface area (Å²) >= 11 is 0. The SMILES string of the molecule is CC(CNC(=O)OC(C)(C)C)Nc1cccc2ccncc12. The van der Waals surface area contributed by atoms with E-state index < -0.39 is 11.7 Å². The van der Waals surface area contributed by atoms with E-state index in [4.69, 9.17) is 4.74 Å². The zero-order valence-corrected chi connectivity index (χ0v) is 13.5. The lowest BCUT2D eigenvalue weighted by molar-refractivity contribution is 0.0526. The largest absolute Gasteiger partial charge is 0.444 e. The van der Waals surface area contributed by atoms with Crippen LogP contribution in [-0.2, 0) is 4.74 Å². The van der Waals surface area contributed by atoms with Gasteiger partial charge in [0.25, 0.3) is 0 Å². The molecular formula is C17H23N3O2. The number of hydrogen-bond acceptors (Lipinski definition) is 4. The van der Waals surface area contributed by atoms with Crippen molar-refractivity contribution < 1.29 is 9.53 Å². The maximum absolute atomic E-state index is 11.7. The number of aromatic nitrogens is 1. The third-order valence-electron chi connectivity index (χ3n) is 3.04. The van der Waals surface area contributed by atoms with E-state index in [1.807, 2.05) is 58.2 Å². The number of hydrogen-bond donors (Lipinski definition) is 2. The summed E-state index contributed by atoms with van der Waals surface area (Å²) in [7, 11) is 0. The summed E-state index contributed by atoms with van der Waals surface area (Å²) in [6.07, 6.45) is 3.21. The Morgan fingerprint density at radius 1 is 1.32 bits per heavy atom. The second-order valence-electron chi connectivity index (χ2n) is 6.33. The molecule has 5 nitrogen and oxygen atoms in total. The van der Waals surface area contributed by atoms with Crippen LogP contribution in [0.2, 0.25) is 0 Å². The predicted molar refractivity (Wildman–Crippen MR) is 89.1 cm³/mol. The summed E-state index contributed by atoms with van der Waals surface area (Å²) in [6.45, 7) is 8.02. The zero-order chi connectivity index (χ0) is 16.2. The number of rotatable bonds is 4. The van der Waals surface area contributed by atoms with Gasteiger partial charge in [-0.15, -0.1) is 0 Å². The van der Waals surface area contributed by atoms with E-state index >= 15 is 0 Å². The standard InChI is InChI=1S/C17H23N3O2/c1-12(10-19-16(21)22-17(2,3)4)20-15-7-5-6-13-8-9-18-11-14(13)15/h5-9,11-12,20H,10H2,1-4H3,(H,19,21). The van der Waals surface area contributed by atoms with Crippen LogP contribution in [-0.4, -0.2) is 29.3 Å². The molecule has 0 aliphatic rings. The highest BCUT2D eigenvalue weighted by Crippen LogP contribution is 2.22. The summed E-state index contributed by atoms with van der Waals surface area (Å²) in [5, 5.41) is 8.36. The van der Waals surface area contributed by atoms with Crippen LogP contribution in [0.3, 0.4) is 0 Å². The second kappa shape index (κ2) is 6.64. The van der Waals surface area contributed by atoms with Gasteiger partial charge in [0.1, 0.15) is 5.60 Å². The number of nitrogens with zero attached hydrogens (tertiary/aromatic N) is 1. The van der Waals surface area contributed by atoms with Crippen LogP contribution < -0.4 is 10.6 Å². The number of carbonyl (C=O) groups is 1. The Kier molecular flexibility index (Phi) is 4.85. The Bertz CT molecular complexity index is 644. The van der Waals surface area contributed by atoms with Crippen molar-refractivity contribution in [2.45, 2.75) is 39.3 Å². The van der Waals surface area contributed by atoms with Gasteiger partial charge in [-0.05, 0) is 45.2 Å². The Hall–Kier alpha value is -2.30. The van der Waals surface area contributed by atoms with Crippen molar-refractivity contribution in [2.75, 3.05) is 11.9 Å². The van der Waals surface area contributed by atoms with Crippen LogP contribution in [0.5, 0.6) is 0 Å². The third-order valence-corrected chi connectivity index (χ3v) is 3.04. The number of amides is 1. The number of benzene rings is 1. The lowest BCUT2D eigenvalue weighted by Gasteiger charge is -2.21. The fourth-order valence-electron chi connectivity index (χ4n) is 2.11. The number of nitrogens with one attached hydrogen (secondary N) is 2. The van der Waals surface area contributed by atoms with Gasteiger partial charge >= 0.3 is 6.09 Å². The molecule has 0 spiro atoms. The topological polar surface area (TPSA) is 63.2 Å².